The number of amides is 1. The number of carbonyl (C=O) groups excluding carboxylic acids is 1. The van der Waals surface area contributed by atoms with Crippen molar-refractivity contribution in [1.82, 2.24) is 19.7 Å². The van der Waals surface area contributed by atoms with Crippen LogP contribution in [0.15, 0.2) is 5.16 Å². The average Bonchev–Trinajstić information content (AvgIpc) is 3.02. The molecule has 1 aromatic rings. The van der Waals surface area contributed by atoms with Crippen molar-refractivity contribution in [2.75, 3.05) is 18.1 Å². The van der Waals surface area contributed by atoms with E-state index in [-0.39, 0.29) is 28.7 Å². The van der Waals surface area contributed by atoms with Crippen molar-refractivity contribution >= 4 is 27.5 Å². The lowest BCUT2D eigenvalue weighted by molar-refractivity contribution is -0.131. The molecule has 0 aliphatic carbocycles. The molecule has 0 radical (unpaired) electrons. The van der Waals surface area contributed by atoms with E-state index in [2.05, 4.69) is 14.8 Å². The Kier molecular flexibility index (Phi) is 5.72. The minimum atomic E-state index is -3.00. The summed E-state index contributed by atoms with van der Waals surface area (Å²) in [5.74, 6) is 1.26. The lowest BCUT2D eigenvalue weighted by Crippen LogP contribution is -2.44. The number of rotatable bonds is 5. The zero-order valence-corrected chi connectivity index (χ0v) is 16.5. The van der Waals surface area contributed by atoms with E-state index in [0.717, 1.165) is 36.8 Å². The van der Waals surface area contributed by atoms with Gasteiger partial charge in [0.25, 0.3) is 0 Å². The zero-order valence-electron chi connectivity index (χ0n) is 14.8. The highest BCUT2D eigenvalue weighted by atomic mass is 32.2. The maximum absolute atomic E-state index is 12.9. The first-order chi connectivity index (χ1) is 11.9. The Balaban J connectivity index is 1.69. The van der Waals surface area contributed by atoms with Gasteiger partial charge < -0.3 is 9.47 Å². The number of nitrogens with zero attached hydrogens (tertiary/aromatic N) is 4. The van der Waals surface area contributed by atoms with Crippen molar-refractivity contribution in [3.8, 4) is 0 Å². The van der Waals surface area contributed by atoms with Crippen LogP contribution in [0, 0.1) is 0 Å². The van der Waals surface area contributed by atoms with E-state index in [1.54, 1.807) is 4.90 Å². The summed E-state index contributed by atoms with van der Waals surface area (Å²) in [7, 11) is -3.00. The van der Waals surface area contributed by atoms with Crippen molar-refractivity contribution in [2.24, 2.45) is 0 Å². The second kappa shape index (κ2) is 7.65. The second-order valence-corrected chi connectivity index (χ2v) is 10.3. The number of aromatic nitrogens is 3. The van der Waals surface area contributed by atoms with Gasteiger partial charge in [-0.1, -0.05) is 18.2 Å². The SMILES string of the molecule is CCN(C(=O)C(C)Sc1nnc2n1CCCCC2)C1CCS(=O)(=O)C1. The summed E-state index contributed by atoms with van der Waals surface area (Å²) >= 11 is 1.43. The standard InChI is InChI=1S/C16H26N4O3S2/c1-3-19(13-8-10-25(22,23)11-13)15(21)12(2)24-16-18-17-14-7-5-4-6-9-20(14)16/h12-13H,3-11H2,1-2H3. The van der Waals surface area contributed by atoms with Crippen molar-refractivity contribution in [2.45, 2.75) is 68.9 Å². The highest BCUT2D eigenvalue weighted by molar-refractivity contribution is 8.00. The van der Waals surface area contributed by atoms with Crippen molar-refractivity contribution < 1.29 is 13.2 Å². The minimum Gasteiger partial charge on any atom is -0.338 e. The maximum Gasteiger partial charge on any atom is 0.236 e. The molecule has 1 fully saturated rings. The summed E-state index contributed by atoms with van der Waals surface area (Å²) in [5.41, 5.74) is 0. The monoisotopic (exact) mass is 386 g/mol. The van der Waals surface area contributed by atoms with Crippen LogP contribution in [0.3, 0.4) is 0 Å². The van der Waals surface area contributed by atoms with Gasteiger partial charge in [0.1, 0.15) is 5.82 Å². The Labute approximate surface area is 153 Å². The average molecular weight is 387 g/mol. The third-order valence-electron chi connectivity index (χ3n) is 4.98. The van der Waals surface area contributed by atoms with Crippen LogP contribution in [0.4, 0.5) is 0 Å². The van der Waals surface area contributed by atoms with Crippen LogP contribution < -0.4 is 0 Å². The molecular weight excluding hydrogens is 360 g/mol. The summed E-state index contributed by atoms with van der Waals surface area (Å²) in [6.45, 7) is 5.21. The topological polar surface area (TPSA) is 85.2 Å². The molecule has 3 rings (SSSR count). The first kappa shape index (κ1) is 18.7. The molecule has 7 nitrogen and oxygen atoms in total. The van der Waals surface area contributed by atoms with E-state index < -0.39 is 9.84 Å². The van der Waals surface area contributed by atoms with Gasteiger partial charge in [-0.15, -0.1) is 10.2 Å². The molecule has 9 heteroatoms. The molecule has 1 amide bonds. The predicted octanol–water partition coefficient (Wildman–Crippen LogP) is 1.52. The molecule has 2 aliphatic heterocycles. The third-order valence-corrected chi connectivity index (χ3v) is 7.80. The van der Waals surface area contributed by atoms with Crippen molar-refractivity contribution in [3.63, 3.8) is 0 Å². The van der Waals surface area contributed by atoms with E-state index >= 15 is 0 Å². The molecule has 0 spiro atoms. The number of carbonyl (C=O) groups is 1. The van der Waals surface area contributed by atoms with Gasteiger partial charge in [0.05, 0.1) is 16.8 Å². The number of sulfone groups is 1. The number of fused-ring (bicyclic) bond motifs is 1. The quantitative estimate of drug-likeness (QED) is 0.713. The van der Waals surface area contributed by atoms with E-state index in [4.69, 9.17) is 0 Å². The Morgan fingerprint density at radius 2 is 2.16 bits per heavy atom. The molecule has 25 heavy (non-hydrogen) atoms. The summed E-state index contributed by atoms with van der Waals surface area (Å²) in [4.78, 5) is 14.6. The Bertz CT molecular complexity index is 732. The molecule has 2 aliphatic rings. The molecule has 2 atom stereocenters. The van der Waals surface area contributed by atoms with Crippen LogP contribution in [0.2, 0.25) is 0 Å². The number of thioether (sulfide) groups is 1. The lowest BCUT2D eigenvalue weighted by atomic mass is 10.2. The smallest absolute Gasteiger partial charge is 0.236 e. The predicted molar refractivity (Wildman–Crippen MR) is 97.3 cm³/mol. The molecule has 1 saturated heterocycles. The van der Waals surface area contributed by atoms with Gasteiger partial charge >= 0.3 is 0 Å². The molecule has 140 valence electrons. The first-order valence-electron chi connectivity index (χ1n) is 9.01. The van der Waals surface area contributed by atoms with Crippen LogP contribution in [0.1, 0.15) is 45.4 Å². The summed E-state index contributed by atoms with van der Waals surface area (Å²) in [6, 6.07) is -0.193. The highest BCUT2D eigenvalue weighted by Gasteiger charge is 2.35. The van der Waals surface area contributed by atoms with Crippen LogP contribution in [0.25, 0.3) is 0 Å². The summed E-state index contributed by atoms with van der Waals surface area (Å²) < 4.78 is 25.6. The van der Waals surface area contributed by atoms with Gasteiger partial charge in [-0.3, -0.25) is 4.79 Å². The minimum absolute atomic E-state index is 0.0134. The highest BCUT2D eigenvalue weighted by Crippen LogP contribution is 2.28. The van der Waals surface area contributed by atoms with Crippen LogP contribution in [-0.4, -0.2) is 63.3 Å². The van der Waals surface area contributed by atoms with Gasteiger partial charge in [0.15, 0.2) is 15.0 Å². The number of hydrogen-bond donors (Lipinski definition) is 0. The van der Waals surface area contributed by atoms with E-state index in [9.17, 15) is 13.2 Å². The number of hydrogen-bond acceptors (Lipinski definition) is 6. The second-order valence-electron chi connectivity index (χ2n) is 6.80. The van der Waals surface area contributed by atoms with Gasteiger partial charge in [-0.05, 0) is 33.1 Å². The molecular formula is C16H26N4O3S2. The van der Waals surface area contributed by atoms with E-state index in [0.29, 0.717) is 13.0 Å². The van der Waals surface area contributed by atoms with Gasteiger partial charge in [-0.2, -0.15) is 0 Å². The Morgan fingerprint density at radius 1 is 1.36 bits per heavy atom. The largest absolute Gasteiger partial charge is 0.338 e. The van der Waals surface area contributed by atoms with Gasteiger partial charge in [0.2, 0.25) is 5.91 Å². The molecule has 0 N–H and O–H groups in total. The zero-order chi connectivity index (χ0) is 18.0. The third kappa shape index (κ3) is 4.19. The molecule has 1 aromatic heterocycles. The fraction of sp³-hybridized carbons (Fsp3) is 0.812. The van der Waals surface area contributed by atoms with Crippen LogP contribution >= 0.6 is 11.8 Å². The summed E-state index contributed by atoms with van der Waals surface area (Å²) in [5, 5.41) is 9.05. The molecule has 2 unspecified atom stereocenters. The molecule has 3 heterocycles. The molecule has 0 bridgehead atoms. The Hall–Kier alpha value is -1.09. The lowest BCUT2D eigenvalue weighted by Gasteiger charge is -2.29. The first-order valence-corrected chi connectivity index (χ1v) is 11.7. The molecule has 0 aromatic carbocycles. The van der Waals surface area contributed by atoms with E-state index in [1.165, 1.54) is 18.2 Å². The van der Waals surface area contributed by atoms with Gasteiger partial charge in [0, 0.05) is 25.6 Å². The van der Waals surface area contributed by atoms with Crippen molar-refractivity contribution in [3.05, 3.63) is 5.82 Å². The van der Waals surface area contributed by atoms with Crippen LogP contribution in [-0.2, 0) is 27.6 Å². The Morgan fingerprint density at radius 3 is 2.84 bits per heavy atom. The van der Waals surface area contributed by atoms with E-state index in [1.807, 2.05) is 13.8 Å². The fourth-order valence-electron chi connectivity index (χ4n) is 3.60. The molecule has 0 saturated carbocycles. The maximum atomic E-state index is 12.9. The summed E-state index contributed by atoms with van der Waals surface area (Å²) in [6.07, 6.45) is 4.93. The van der Waals surface area contributed by atoms with Gasteiger partial charge in [-0.25, -0.2) is 8.42 Å². The van der Waals surface area contributed by atoms with Crippen LogP contribution in [0.5, 0.6) is 0 Å². The van der Waals surface area contributed by atoms with Crippen molar-refractivity contribution in [1.29, 1.82) is 0 Å². The fourth-order valence-corrected chi connectivity index (χ4v) is 6.30. The number of aryl methyl sites for hydroxylation is 1. The normalized spacial score (nSPS) is 23.7.